The Kier molecular flexibility index (Phi) is 5.90. The van der Waals surface area contributed by atoms with E-state index in [4.69, 9.17) is 5.73 Å². The van der Waals surface area contributed by atoms with Crippen molar-refractivity contribution < 1.29 is 0 Å². The average molecular weight is 249 g/mol. The van der Waals surface area contributed by atoms with Gasteiger partial charge in [-0.1, -0.05) is 80.4 Å². The van der Waals surface area contributed by atoms with E-state index in [-0.39, 0.29) is 0 Å². The van der Waals surface area contributed by atoms with Gasteiger partial charge in [0.25, 0.3) is 0 Å². The molecule has 2 aromatic carbocycles. The summed E-state index contributed by atoms with van der Waals surface area (Å²) in [5, 5.41) is 0. The molecule has 1 heteroatoms. The fraction of sp³-hybridized carbons (Fsp3) is 0. The van der Waals surface area contributed by atoms with Crippen molar-refractivity contribution in [2.75, 3.05) is 5.73 Å². The molecule has 0 radical (unpaired) electrons. The lowest BCUT2D eigenvalue weighted by atomic mass is 10.1. The first-order valence-corrected chi connectivity index (χ1v) is 6.03. The summed E-state index contributed by atoms with van der Waals surface area (Å²) in [6, 6.07) is 15.7. The molecule has 0 aromatic heterocycles. The molecule has 2 N–H and O–H groups in total. The van der Waals surface area contributed by atoms with Crippen molar-refractivity contribution in [1.29, 1.82) is 0 Å². The van der Waals surface area contributed by atoms with Crippen molar-refractivity contribution in [2.24, 2.45) is 0 Å². The van der Waals surface area contributed by atoms with E-state index in [1.807, 2.05) is 54.6 Å². The Balaban J connectivity index is 0.000000200. The lowest BCUT2D eigenvalue weighted by Crippen LogP contribution is -1.90. The Morgan fingerprint density at radius 1 is 0.737 bits per heavy atom. The maximum absolute atomic E-state index is 5.69. The van der Waals surface area contributed by atoms with Crippen LogP contribution in [0.25, 0.3) is 18.2 Å². The third-order valence-electron chi connectivity index (χ3n) is 2.63. The first-order chi connectivity index (χ1) is 9.22. The monoisotopic (exact) mass is 249 g/mol. The highest BCUT2D eigenvalue weighted by molar-refractivity contribution is 5.73. The van der Waals surface area contributed by atoms with Crippen LogP contribution in [-0.2, 0) is 0 Å². The zero-order valence-electron chi connectivity index (χ0n) is 11.0. The van der Waals surface area contributed by atoms with Gasteiger partial charge < -0.3 is 5.73 Å². The van der Waals surface area contributed by atoms with E-state index in [9.17, 15) is 0 Å². The minimum atomic E-state index is 0.748. The van der Waals surface area contributed by atoms with Crippen LogP contribution in [0.1, 0.15) is 16.7 Å². The van der Waals surface area contributed by atoms with Gasteiger partial charge in [0.1, 0.15) is 0 Å². The van der Waals surface area contributed by atoms with E-state index < -0.39 is 0 Å². The molecule has 2 rings (SSSR count). The van der Waals surface area contributed by atoms with Gasteiger partial charge in [-0.15, -0.1) is 0 Å². The van der Waals surface area contributed by atoms with Crippen molar-refractivity contribution in [3.63, 3.8) is 0 Å². The van der Waals surface area contributed by atoms with Gasteiger partial charge in [0.05, 0.1) is 0 Å². The Hall–Kier alpha value is -2.54. The SMILES string of the molecule is C=Cc1cccc(N)c1C=C.C=Cc1ccccc1. The molecule has 0 unspecified atom stereocenters. The second kappa shape index (κ2) is 7.72. The number of rotatable bonds is 3. The standard InChI is InChI=1S/C10H11N.C8H8/c1-3-8-6-5-7-10(11)9(8)4-2;1-2-8-6-4-3-5-7-8/h3-7H,1-2,11H2;2-7H,1H2. The van der Waals surface area contributed by atoms with Gasteiger partial charge in [0.2, 0.25) is 0 Å². The van der Waals surface area contributed by atoms with Crippen LogP contribution in [0.4, 0.5) is 5.69 Å². The third kappa shape index (κ3) is 4.32. The first-order valence-electron chi connectivity index (χ1n) is 6.03. The fourth-order valence-electron chi connectivity index (χ4n) is 1.60. The van der Waals surface area contributed by atoms with Crippen molar-refractivity contribution in [3.05, 3.63) is 85.0 Å². The van der Waals surface area contributed by atoms with Crippen molar-refractivity contribution in [2.45, 2.75) is 0 Å². The van der Waals surface area contributed by atoms with Gasteiger partial charge in [-0.25, -0.2) is 0 Å². The van der Waals surface area contributed by atoms with Gasteiger partial charge >= 0.3 is 0 Å². The van der Waals surface area contributed by atoms with Gasteiger partial charge in [-0.2, -0.15) is 0 Å². The van der Waals surface area contributed by atoms with Crippen LogP contribution < -0.4 is 5.73 Å². The summed E-state index contributed by atoms with van der Waals surface area (Å²) in [5.74, 6) is 0. The summed E-state index contributed by atoms with van der Waals surface area (Å²) in [6.07, 6.45) is 5.35. The molecule has 0 atom stereocenters. The lowest BCUT2D eigenvalue weighted by Gasteiger charge is -2.02. The molecule has 19 heavy (non-hydrogen) atoms. The van der Waals surface area contributed by atoms with Gasteiger partial charge in [0.15, 0.2) is 0 Å². The molecule has 0 heterocycles. The number of benzene rings is 2. The molecule has 0 aliphatic carbocycles. The quantitative estimate of drug-likeness (QED) is 0.770. The van der Waals surface area contributed by atoms with E-state index in [1.165, 1.54) is 5.56 Å². The molecule has 0 saturated heterocycles. The fourth-order valence-corrected chi connectivity index (χ4v) is 1.60. The summed E-state index contributed by atoms with van der Waals surface area (Å²) in [7, 11) is 0. The molecule has 0 saturated carbocycles. The van der Waals surface area contributed by atoms with Crippen molar-refractivity contribution in [1.82, 2.24) is 0 Å². The lowest BCUT2D eigenvalue weighted by molar-refractivity contribution is 1.60. The number of nitrogen functional groups attached to an aromatic ring is 1. The highest BCUT2D eigenvalue weighted by Crippen LogP contribution is 2.18. The molecule has 0 aliphatic rings. The minimum Gasteiger partial charge on any atom is -0.398 e. The maximum atomic E-state index is 5.69. The van der Waals surface area contributed by atoms with Crippen molar-refractivity contribution >= 4 is 23.9 Å². The third-order valence-corrected chi connectivity index (χ3v) is 2.63. The zero-order chi connectivity index (χ0) is 14.1. The van der Waals surface area contributed by atoms with Gasteiger partial charge in [0, 0.05) is 11.3 Å². The molecule has 0 amide bonds. The van der Waals surface area contributed by atoms with E-state index in [0.717, 1.165) is 16.8 Å². The van der Waals surface area contributed by atoms with E-state index in [0.29, 0.717) is 0 Å². The second-order valence-electron chi connectivity index (χ2n) is 3.87. The Bertz CT molecular complexity index is 553. The summed E-state index contributed by atoms with van der Waals surface area (Å²) < 4.78 is 0. The second-order valence-corrected chi connectivity index (χ2v) is 3.87. The zero-order valence-corrected chi connectivity index (χ0v) is 11.0. The molecular weight excluding hydrogens is 230 g/mol. The van der Waals surface area contributed by atoms with Crippen LogP contribution in [-0.4, -0.2) is 0 Å². The maximum Gasteiger partial charge on any atom is 0.0393 e. The van der Waals surface area contributed by atoms with E-state index >= 15 is 0 Å². The molecule has 0 spiro atoms. The molecule has 0 bridgehead atoms. The smallest absolute Gasteiger partial charge is 0.0393 e. The average Bonchev–Trinajstić information content (AvgIpc) is 2.48. The summed E-state index contributed by atoms with van der Waals surface area (Å²) in [4.78, 5) is 0. The molecule has 96 valence electrons. The molecule has 1 nitrogen and oxygen atoms in total. The highest BCUT2D eigenvalue weighted by atomic mass is 14.6. The normalized spacial score (nSPS) is 8.84. The largest absolute Gasteiger partial charge is 0.398 e. The van der Waals surface area contributed by atoms with Crippen LogP contribution in [0.2, 0.25) is 0 Å². The predicted molar refractivity (Wildman–Crippen MR) is 87.6 cm³/mol. The molecule has 2 aromatic rings. The summed E-state index contributed by atoms with van der Waals surface area (Å²) >= 11 is 0. The minimum absolute atomic E-state index is 0.748. The van der Waals surface area contributed by atoms with Gasteiger partial charge in [-0.05, 0) is 17.2 Å². The number of hydrogen-bond donors (Lipinski definition) is 1. The summed E-state index contributed by atoms with van der Waals surface area (Å²) in [5.41, 5.74) is 9.60. The summed E-state index contributed by atoms with van der Waals surface area (Å²) in [6.45, 7) is 11.0. The predicted octanol–water partition coefficient (Wildman–Crippen LogP) is 4.88. The molecule has 0 aliphatic heterocycles. The van der Waals surface area contributed by atoms with Crippen LogP contribution in [0.5, 0.6) is 0 Å². The Morgan fingerprint density at radius 2 is 1.42 bits per heavy atom. The first kappa shape index (κ1) is 14.5. The molecular formula is C18H19N. The van der Waals surface area contributed by atoms with Crippen LogP contribution in [0.15, 0.2) is 68.3 Å². The van der Waals surface area contributed by atoms with Gasteiger partial charge in [-0.3, -0.25) is 0 Å². The Morgan fingerprint density at radius 3 is 1.84 bits per heavy atom. The van der Waals surface area contributed by atoms with E-state index in [1.54, 1.807) is 12.2 Å². The Labute approximate surface area is 115 Å². The van der Waals surface area contributed by atoms with Crippen LogP contribution in [0, 0.1) is 0 Å². The number of anilines is 1. The van der Waals surface area contributed by atoms with Crippen LogP contribution in [0.3, 0.4) is 0 Å². The van der Waals surface area contributed by atoms with Crippen LogP contribution >= 0.6 is 0 Å². The topological polar surface area (TPSA) is 26.0 Å². The highest BCUT2D eigenvalue weighted by Gasteiger charge is 1.97. The molecule has 0 fully saturated rings. The van der Waals surface area contributed by atoms with E-state index in [2.05, 4.69) is 19.7 Å². The number of nitrogens with two attached hydrogens (primary N) is 1. The van der Waals surface area contributed by atoms with Crippen molar-refractivity contribution in [3.8, 4) is 0 Å². The number of hydrogen-bond acceptors (Lipinski definition) is 1.